The van der Waals surface area contributed by atoms with Crippen LogP contribution in [0.15, 0.2) is 30.5 Å². The van der Waals surface area contributed by atoms with E-state index in [0.29, 0.717) is 17.7 Å². The summed E-state index contributed by atoms with van der Waals surface area (Å²) in [6, 6.07) is 5.48. The summed E-state index contributed by atoms with van der Waals surface area (Å²) in [7, 11) is 0. The molecule has 0 saturated heterocycles. The minimum absolute atomic E-state index is 0.0638. The number of aromatic nitrogens is 2. The van der Waals surface area contributed by atoms with Gasteiger partial charge in [-0.15, -0.1) is 11.6 Å². The third kappa shape index (κ3) is 3.85. The number of hydrogen-bond donors (Lipinski definition) is 1. The number of para-hydroxylation sites is 1. The quantitative estimate of drug-likeness (QED) is 0.839. The molecule has 0 aliphatic carbocycles. The maximum Gasteiger partial charge on any atom is 0.418 e. The molecule has 1 N–H and O–H groups in total. The van der Waals surface area contributed by atoms with Crippen LogP contribution in [0.3, 0.4) is 0 Å². The Labute approximate surface area is 136 Å². The van der Waals surface area contributed by atoms with Crippen LogP contribution in [0.5, 0.6) is 0 Å². The first-order valence-electron chi connectivity index (χ1n) is 6.92. The Kier molecular flexibility index (Phi) is 5.30. The molecule has 1 amide bonds. The lowest BCUT2D eigenvalue weighted by molar-refractivity contribution is -0.137. The molecule has 0 aliphatic rings. The number of halogens is 4. The van der Waals surface area contributed by atoms with Gasteiger partial charge in [0.15, 0.2) is 0 Å². The first-order valence-corrected chi connectivity index (χ1v) is 7.45. The van der Waals surface area contributed by atoms with E-state index >= 15 is 0 Å². The van der Waals surface area contributed by atoms with Crippen LogP contribution in [-0.4, -0.2) is 22.0 Å². The Bertz CT molecular complexity index is 671. The highest BCUT2D eigenvalue weighted by Crippen LogP contribution is 2.39. The van der Waals surface area contributed by atoms with E-state index < -0.39 is 23.5 Å². The van der Waals surface area contributed by atoms with Gasteiger partial charge in [-0.25, -0.2) is 0 Å². The molecule has 0 saturated carbocycles. The molecule has 0 radical (unpaired) electrons. The second kappa shape index (κ2) is 7.04. The normalized spacial score (nSPS) is 11.5. The van der Waals surface area contributed by atoms with Crippen molar-refractivity contribution in [1.29, 1.82) is 0 Å². The fourth-order valence-electron chi connectivity index (χ4n) is 2.33. The third-order valence-electron chi connectivity index (χ3n) is 3.38. The molecule has 0 fully saturated rings. The van der Waals surface area contributed by atoms with E-state index in [1.54, 1.807) is 19.1 Å². The number of nitrogens with one attached hydrogen (secondary N) is 1. The Morgan fingerprint density at radius 3 is 2.61 bits per heavy atom. The molecule has 0 bridgehead atoms. The summed E-state index contributed by atoms with van der Waals surface area (Å²) < 4.78 is 40.1. The van der Waals surface area contributed by atoms with Crippen molar-refractivity contribution in [3.63, 3.8) is 0 Å². The number of amides is 1. The molecule has 0 atom stereocenters. The van der Waals surface area contributed by atoms with E-state index in [9.17, 15) is 18.0 Å². The van der Waals surface area contributed by atoms with Gasteiger partial charge in [-0.2, -0.15) is 18.3 Å². The van der Waals surface area contributed by atoms with Crippen LogP contribution in [0.2, 0.25) is 0 Å². The van der Waals surface area contributed by atoms with Crippen LogP contribution in [0, 0.1) is 0 Å². The fourth-order valence-corrected chi connectivity index (χ4v) is 2.48. The van der Waals surface area contributed by atoms with E-state index in [-0.39, 0.29) is 12.2 Å². The maximum atomic E-state index is 13.4. The first-order chi connectivity index (χ1) is 10.9. The van der Waals surface area contributed by atoms with Crippen LogP contribution in [0.1, 0.15) is 23.7 Å². The molecule has 1 aromatic heterocycles. The van der Waals surface area contributed by atoms with Gasteiger partial charge < -0.3 is 4.90 Å². The molecule has 0 unspecified atom stereocenters. The molecule has 4 nitrogen and oxygen atoms in total. The average Bonchev–Trinajstić information content (AvgIpc) is 3.03. The largest absolute Gasteiger partial charge is 0.418 e. The molecule has 0 aliphatic heterocycles. The standard InChI is InChI=1S/C15H15ClF3N3O/c1-2-10-4-3-5-12(15(17,18)19)14(10)22(13(23)8-16)9-11-6-7-20-21-11/h3-7H,2,8-9H2,1H3,(H,20,21). The number of benzene rings is 1. The summed E-state index contributed by atoms with van der Waals surface area (Å²) in [4.78, 5) is 13.2. The van der Waals surface area contributed by atoms with Gasteiger partial charge in [-0.05, 0) is 24.1 Å². The monoisotopic (exact) mass is 345 g/mol. The smallest absolute Gasteiger partial charge is 0.305 e. The topological polar surface area (TPSA) is 49.0 Å². The highest BCUT2D eigenvalue weighted by atomic mass is 35.5. The lowest BCUT2D eigenvalue weighted by Gasteiger charge is -2.27. The summed E-state index contributed by atoms with van der Waals surface area (Å²) in [5.41, 5.74) is -0.0575. The summed E-state index contributed by atoms with van der Waals surface area (Å²) in [6.45, 7) is 1.67. The molecule has 23 heavy (non-hydrogen) atoms. The molecular weight excluding hydrogens is 331 g/mol. The van der Waals surface area contributed by atoms with Gasteiger partial charge in [-0.1, -0.05) is 19.1 Å². The maximum absolute atomic E-state index is 13.4. The van der Waals surface area contributed by atoms with Crippen molar-refractivity contribution < 1.29 is 18.0 Å². The molecule has 1 aromatic carbocycles. The van der Waals surface area contributed by atoms with Gasteiger partial charge in [0, 0.05) is 6.20 Å². The van der Waals surface area contributed by atoms with Crippen molar-refractivity contribution in [2.45, 2.75) is 26.1 Å². The van der Waals surface area contributed by atoms with Crippen molar-refractivity contribution in [3.8, 4) is 0 Å². The molecule has 2 rings (SSSR count). The molecule has 8 heteroatoms. The fraction of sp³-hybridized carbons (Fsp3) is 0.333. The number of carbonyl (C=O) groups is 1. The number of hydrogen-bond acceptors (Lipinski definition) is 2. The van der Waals surface area contributed by atoms with E-state index in [4.69, 9.17) is 11.6 Å². The zero-order chi connectivity index (χ0) is 17.0. The summed E-state index contributed by atoms with van der Waals surface area (Å²) in [5, 5.41) is 6.39. The number of rotatable bonds is 5. The molecule has 0 spiro atoms. The Balaban J connectivity index is 2.59. The number of carbonyl (C=O) groups excluding carboxylic acids is 1. The Morgan fingerprint density at radius 1 is 1.35 bits per heavy atom. The van der Waals surface area contributed by atoms with Gasteiger partial charge >= 0.3 is 6.18 Å². The highest BCUT2D eigenvalue weighted by molar-refractivity contribution is 6.29. The molecule has 1 heterocycles. The summed E-state index contributed by atoms with van der Waals surface area (Å²) in [5.74, 6) is -1.02. The van der Waals surface area contributed by atoms with Crippen LogP contribution < -0.4 is 4.90 Å². The van der Waals surface area contributed by atoms with E-state index in [1.165, 1.54) is 12.3 Å². The average molecular weight is 346 g/mol. The summed E-state index contributed by atoms with van der Waals surface area (Å²) >= 11 is 5.60. The lowest BCUT2D eigenvalue weighted by atomic mass is 10.0. The van der Waals surface area contributed by atoms with Crippen molar-refractivity contribution >= 4 is 23.2 Å². The Hall–Kier alpha value is -2.02. The zero-order valence-corrected chi connectivity index (χ0v) is 13.1. The number of nitrogens with zero attached hydrogens (tertiary/aromatic N) is 2. The van der Waals surface area contributed by atoms with Crippen molar-refractivity contribution in [1.82, 2.24) is 10.2 Å². The second-order valence-corrected chi connectivity index (χ2v) is 5.13. The van der Waals surface area contributed by atoms with Crippen LogP contribution in [0.4, 0.5) is 18.9 Å². The van der Waals surface area contributed by atoms with Crippen LogP contribution in [-0.2, 0) is 23.9 Å². The van der Waals surface area contributed by atoms with Gasteiger partial charge in [0.05, 0.1) is 23.5 Å². The second-order valence-electron chi connectivity index (χ2n) is 4.86. The first kappa shape index (κ1) is 17.3. The van der Waals surface area contributed by atoms with E-state index in [1.807, 2.05) is 0 Å². The third-order valence-corrected chi connectivity index (χ3v) is 3.61. The van der Waals surface area contributed by atoms with Crippen molar-refractivity contribution in [2.24, 2.45) is 0 Å². The van der Waals surface area contributed by atoms with E-state index in [0.717, 1.165) is 11.0 Å². The number of H-pyrrole nitrogens is 1. The van der Waals surface area contributed by atoms with Gasteiger partial charge in [0.1, 0.15) is 5.88 Å². The van der Waals surface area contributed by atoms with Gasteiger partial charge in [-0.3, -0.25) is 9.89 Å². The minimum atomic E-state index is -4.57. The number of anilines is 1. The van der Waals surface area contributed by atoms with Gasteiger partial charge in [0.25, 0.3) is 0 Å². The predicted octanol–water partition coefficient (Wildman–Crippen LogP) is 3.76. The van der Waals surface area contributed by atoms with Crippen molar-refractivity contribution in [2.75, 3.05) is 10.8 Å². The molecule has 2 aromatic rings. The summed E-state index contributed by atoms with van der Waals surface area (Å²) in [6.07, 6.45) is -2.75. The van der Waals surface area contributed by atoms with Crippen LogP contribution >= 0.6 is 11.6 Å². The van der Waals surface area contributed by atoms with Crippen LogP contribution in [0.25, 0.3) is 0 Å². The lowest BCUT2D eigenvalue weighted by Crippen LogP contribution is -2.34. The predicted molar refractivity (Wildman–Crippen MR) is 81.3 cm³/mol. The van der Waals surface area contributed by atoms with E-state index in [2.05, 4.69) is 10.2 Å². The minimum Gasteiger partial charge on any atom is -0.305 e. The van der Waals surface area contributed by atoms with Crippen molar-refractivity contribution in [3.05, 3.63) is 47.3 Å². The number of alkyl halides is 4. The molecule has 124 valence electrons. The SMILES string of the molecule is CCc1cccc(C(F)(F)F)c1N(Cc1ccn[nH]1)C(=O)CCl. The number of aryl methyl sites for hydroxylation is 1. The zero-order valence-electron chi connectivity index (χ0n) is 12.3. The number of aromatic amines is 1. The molecular formula is C15H15ClF3N3O. The highest BCUT2D eigenvalue weighted by Gasteiger charge is 2.37. The Morgan fingerprint density at radius 2 is 2.09 bits per heavy atom. The van der Waals surface area contributed by atoms with Gasteiger partial charge in [0.2, 0.25) is 5.91 Å².